The summed E-state index contributed by atoms with van der Waals surface area (Å²) in [6.07, 6.45) is 1.53. The molecule has 3 aromatic carbocycles. The molecule has 166 valence electrons. The lowest BCUT2D eigenvalue weighted by molar-refractivity contribution is -0.142. The zero-order valence-electron chi connectivity index (χ0n) is 17.7. The Morgan fingerprint density at radius 2 is 1.91 bits per heavy atom. The second kappa shape index (κ2) is 9.53. The number of carbonyl (C=O) groups excluding carboxylic acids is 1. The van der Waals surface area contributed by atoms with E-state index in [4.69, 9.17) is 20.5 Å². The molecular formula is C26H19F2NO4. The lowest BCUT2D eigenvalue weighted by atomic mass is 9.99. The normalized spacial score (nSPS) is 10.7. The highest BCUT2D eigenvalue weighted by Gasteiger charge is 2.18. The van der Waals surface area contributed by atoms with Crippen molar-refractivity contribution in [2.24, 2.45) is 0 Å². The maximum atomic E-state index is 14.9. The number of ether oxygens (including phenoxy) is 2. The van der Waals surface area contributed by atoms with Gasteiger partial charge in [0.2, 0.25) is 5.69 Å². The molecule has 5 nitrogen and oxygen atoms in total. The van der Waals surface area contributed by atoms with E-state index in [0.717, 1.165) is 12.1 Å². The van der Waals surface area contributed by atoms with Crippen molar-refractivity contribution in [2.45, 2.75) is 20.0 Å². The topological polar surface area (TPSA) is 53.0 Å². The molecule has 0 atom stereocenters. The highest BCUT2D eigenvalue weighted by atomic mass is 19.1. The lowest BCUT2D eigenvalue weighted by Crippen LogP contribution is -2.09. The molecule has 0 N–H and O–H groups in total. The average Bonchev–Trinajstić information content (AvgIpc) is 3.28. The first-order chi connectivity index (χ1) is 16.0. The van der Waals surface area contributed by atoms with Crippen LogP contribution >= 0.6 is 0 Å². The Hall–Kier alpha value is -4.18. The molecule has 0 radical (unpaired) electrons. The van der Waals surface area contributed by atoms with Gasteiger partial charge in [0, 0.05) is 22.1 Å². The summed E-state index contributed by atoms with van der Waals surface area (Å²) in [5.74, 6) is -1.37. The molecule has 0 fully saturated rings. The van der Waals surface area contributed by atoms with Gasteiger partial charge >= 0.3 is 5.97 Å². The fraction of sp³-hybridized carbons (Fsp3) is 0.154. The van der Waals surface area contributed by atoms with Gasteiger partial charge in [-0.25, -0.2) is 13.6 Å². The minimum Gasteiger partial charge on any atom is -0.489 e. The number of halogens is 2. The summed E-state index contributed by atoms with van der Waals surface area (Å²) < 4.78 is 45.5. The van der Waals surface area contributed by atoms with Crippen LogP contribution in [0.4, 0.5) is 14.5 Å². The number of rotatable bonds is 7. The summed E-state index contributed by atoms with van der Waals surface area (Å²) in [6.45, 7) is 9.26. The van der Waals surface area contributed by atoms with Crippen molar-refractivity contribution in [1.29, 1.82) is 0 Å². The average molecular weight is 447 g/mol. The van der Waals surface area contributed by atoms with E-state index in [-0.39, 0.29) is 24.6 Å². The fourth-order valence-electron chi connectivity index (χ4n) is 3.60. The van der Waals surface area contributed by atoms with Gasteiger partial charge in [0.15, 0.2) is 0 Å². The van der Waals surface area contributed by atoms with Gasteiger partial charge in [0.05, 0.1) is 25.9 Å². The minimum absolute atomic E-state index is 0.0643. The zero-order valence-corrected chi connectivity index (χ0v) is 17.7. The first kappa shape index (κ1) is 22.0. The molecule has 0 amide bonds. The predicted octanol–water partition coefficient (Wildman–Crippen LogP) is 6.61. The van der Waals surface area contributed by atoms with Crippen LogP contribution in [0.5, 0.6) is 5.75 Å². The number of benzene rings is 3. The number of fused-ring (bicyclic) bond motifs is 1. The number of hydrogen-bond donors (Lipinski definition) is 0. The molecule has 1 aromatic heterocycles. The maximum Gasteiger partial charge on any atom is 0.310 e. The van der Waals surface area contributed by atoms with Crippen LogP contribution in [0.3, 0.4) is 0 Å². The summed E-state index contributed by atoms with van der Waals surface area (Å²) in [6, 6.07) is 14.2. The van der Waals surface area contributed by atoms with Crippen molar-refractivity contribution in [3.05, 3.63) is 95.0 Å². The van der Waals surface area contributed by atoms with Crippen LogP contribution < -0.4 is 4.74 Å². The molecule has 0 aliphatic carbocycles. The number of carbonyl (C=O) groups is 1. The van der Waals surface area contributed by atoms with Crippen LogP contribution in [0.1, 0.15) is 18.1 Å². The highest BCUT2D eigenvalue weighted by Crippen LogP contribution is 2.36. The fourth-order valence-corrected chi connectivity index (χ4v) is 3.60. The van der Waals surface area contributed by atoms with Crippen LogP contribution in [-0.2, 0) is 22.6 Å². The van der Waals surface area contributed by atoms with Crippen molar-refractivity contribution in [1.82, 2.24) is 0 Å². The van der Waals surface area contributed by atoms with Gasteiger partial charge in [-0.15, -0.1) is 0 Å². The third-order valence-corrected chi connectivity index (χ3v) is 5.05. The smallest absolute Gasteiger partial charge is 0.310 e. The largest absolute Gasteiger partial charge is 0.489 e. The molecule has 7 heteroatoms. The van der Waals surface area contributed by atoms with E-state index in [1.807, 2.05) is 6.07 Å². The van der Waals surface area contributed by atoms with E-state index in [1.165, 1.54) is 6.26 Å². The molecule has 4 aromatic rings. The molecule has 0 unspecified atom stereocenters. The lowest BCUT2D eigenvalue weighted by Gasteiger charge is -2.13. The number of esters is 1. The van der Waals surface area contributed by atoms with Crippen LogP contribution in [0.15, 0.2) is 65.3 Å². The number of nitrogens with zero attached hydrogens (tertiary/aromatic N) is 1. The van der Waals surface area contributed by atoms with Gasteiger partial charge in [-0.3, -0.25) is 4.79 Å². The number of hydrogen-bond acceptors (Lipinski definition) is 4. The second-order valence-electron chi connectivity index (χ2n) is 7.26. The Kier molecular flexibility index (Phi) is 6.36. The number of furan rings is 1. The van der Waals surface area contributed by atoms with Gasteiger partial charge in [0.25, 0.3) is 0 Å². The van der Waals surface area contributed by atoms with Crippen molar-refractivity contribution >= 4 is 22.6 Å². The molecule has 0 saturated heterocycles. The molecule has 0 aliphatic heterocycles. The van der Waals surface area contributed by atoms with E-state index in [2.05, 4.69) is 4.85 Å². The van der Waals surface area contributed by atoms with Crippen molar-refractivity contribution in [3.8, 4) is 16.9 Å². The molecule has 33 heavy (non-hydrogen) atoms. The molecule has 1 heterocycles. The van der Waals surface area contributed by atoms with Gasteiger partial charge in [0.1, 0.15) is 29.6 Å². The quantitative estimate of drug-likeness (QED) is 0.236. The summed E-state index contributed by atoms with van der Waals surface area (Å²) >= 11 is 0. The Morgan fingerprint density at radius 3 is 2.70 bits per heavy atom. The van der Waals surface area contributed by atoms with Crippen LogP contribution in [0.2, 0.25) is 0 Å². The van der Waals surface area contributed by atoms with Crippen molar-refractivity contribution in [3.63, 3.8) is 0 Å². The third-order valence-electron chi connectivity index (χ3n) is 5.05. The first-order valence-electron chi connectivity index (χ1n) is 10.2. The van der Waals surface area contributed by atoms with Crippen molar-refractivity contribution < 1.29 is 27.5 Å². The zero-order chi connectivity index (χ0) is 23.4. The minimum atomic E-state index is -0.818. The van der Waals surface area contributed by atoms with Crippen LogP contribution in [-0.4, -0.2) is 12.6 Å². The van der Waals surface area contributed by atoms with Crippen LogP contribution in [0.25, 0.3) is 26.9 Å². The SMILES string of the molecule is [C-]#[N+]c1cc(F)cc(-c2cc(COc3ccccc3CC(=O)OCC)cc3ccoc23)c1F. The standard InChI is InChI=1S/C26H19F2NO4/c1-3-31-24(30)12-17-6-4-5-7-23(17)33-15-16-10-18-8-9-32-26(18)21(11-16)20-13-19(27)14-22(29-2)25(20)28/h4-11,13-14H,3,12,15H2,1H3. The Balaban J connectivity index is 1.68. The Bertz CT molecular complexity index is 1370. The summed E-state index contributed by atoms with van der Waals surface area (Å²) in [4.78, 5) is 15.0. The van der Waals surface area contributed by atoms with Crippen molar-refractivity contribution in [2.75, 3.05) is 6.61 Å². The monoisotopic (exact) mass is 447 g/mol. The van der Waals surface area contributed by atoms with Crippen LogP contribution in [0, 0.1) is 18.2 Å². The van der Waals surface area contributed by atoms with Gasteiger partial charge < -0.3 is 13.9 Å². The predicted molar refractivity (Wildman–Crippen MR) is 119 cm³/mol. The van der Waals surface area contributed by atoms with E-state index < -0.39 is 17.3 Å². The number of para-hydroxylation sites is 1. The van der Waals surface area contributed by atoms with Gasteiger partial charge in [-0.05, 0) is 48.9 Å². The summed E-state index contributed by atoms with van der Waals surface area (Å²) in [5, 5.41) is 0.680. The highest BCUT2D eigenvalue weighted by molar-refractivity contribution is 5.94. The molecule has 0 bridgehead atoms. The molecular weight excluding hydrogens is 428 g/mol. The van der Waals surface area contributed by atoms with Gasteiger partial charge in [-0.1, -0.05) is 18.2 Å². The molecule has 4 rings (SSSR count). The molecule has 0 saturated carbocycles. The summed E-state index contributed by atoms with van der Waals surface area (Å²) in [5.41, 5.74) is 1.58. The van der Waals surface area contributed by atoms with E-state index >= 15 is 0 Å². The molecule has 0 aliphatic rings. The Morgan fingerprint density at radius 1 is 1.09 bits per heavy atom. The third kappa shape index (κ3) is 4.70. The summed E-state index contributed by atoms with van der Waals surface area (Å²) in [7, 11) is 0. The van der Waals surface area contributed by atoms with E-state index in [0.29, 0.717) is 40.0 Å². The second-order valence-corrected chi connectivity index (χ2v) is 7.26. The first-order valence-corrected chi connectivity index (χ1v) is 10.2. The van der Waals surface area contributed by atoms with Gasteiger partial charge in [-0.2, -0.15) is 0 Å². The maximum absolute atomic E-state index is 14.9. The molecule has 0 spiro atoms. The Labute approximate surface area is 189 Å². The van der Waals surface area contributed by atoms with E-state index in [9.17, 15) is 13.6 Å². The van der Waals surface area contributed by atoms with E-state index in [1.54, 1.807) is 43.3 Å².